The molecule has 5 nitrogen and oxygen atoms in total. The number of rotatable bonds is 2. The summed E-state index contributed by atoms with van der Waals surface area (Å²) in [6.45, 7) is 3.58. The van der Waals surface area contributed by atoms with Gasteiger partial charge in [0, 0.05) is 19.0 Å². The standard InChI is InChI=1S/C17H22N2O3/c1-11-7-12(8-11)16(20)18-9-13-4-5-14(10-18)19(13)17(21)15-3-2-6-22-15/h2-3,6,11-14H,4-5,7-10H2,1H3. The second kappa shape index (κ2) is 5.14. The van der Waals surface area contributed by atoms with Crippen LogP contribution >= 0.6 is 0 Å². The summed E-state index contributed by atoms with van der Waals surface area (Å²) in [6.07, 6.45) is 5.57. The van der Waals surface area contributed by atoms with Crippen molar-refractivity contribution in [3.63, 3.8) is 0 Å². The van der Waals surface area contributed by atoms with Gasteiger partial charge in [0.25, 0.3) is 5.91 Å². The summed E-state index contributed by atoms with van der Waals surface area (Å²) >= 11 is 0. The van der Waals surface area contributed by atoms with Crippen molar-refractivity contribution in [2.24, 2.45) is 11.8 Å². The van der Waals surface area contributed by atoms with E-state index in [2.05, 4.69) is 6.92 Å². The number of piperazine rings is 1. The first-order valence-electron chi connectivity index (χ1n) is 8.28. The van der Waals surface area contributed by atoms with E-state index in [1.54, 1.807) is 12.1 Å². The molecule has 0 N–H and O–H groups in total. The molecule has 2 aliphatic heterocycles. The highest BCUT2D eigenvalue weighted by molar-refractivity contribution is 5.92. The average Bonchev–Trinajstić information content (AvgIpc) is 3.09. The maximum absolute atomic E-state index is 12.6. The predicted octanol–water partition coefficient (Wildman–Crippen LogP) is 2.14. The zero-order valence-electron chi connectivity index (χ0n) is 12.9. The number of fused-ring (bicyclic) bond motifs is 2. The Bertz CT molecular complexity index is 563. The summed E-state index contributed by atoms with van der Waals surface area (Å²) in [6, 6.07) is 3.76. The van der Waals surface area contributed by atoms with Crippen LogP contribution in [-0.4, -0.2) is 46.8 Å². The molecule has 1 aromatic heterocycles. The van der Waals surface area contributed by atoms with Crippen LogP contribution in [0.4, 0.5) is 0 Å². The Kier molecular flexibility index (Phi) is 3.24. The van der Waals surface area contributed by atoms with Gasteiger partial charge < -0.3 is 14.2 Å². The smallest absolute Gasteiger partial charge is 0.290 e. The van der Waals surface area contributed by atoms with Crippen LogP contribution in [0.2, 0.25) is 0 Å². The molecule has 3 heterocycles. The second-order valence-corrected chi connectivity index (χ2v) is 7.09. The molecule has 0 radical (unpaired) electrons. The van der Waals surface area contributed by atoms with Crippen molar-refractivity contribution < 1.29 is 14.0 Å². The molecule has 1 aliphatic carbocycles. The third-order valence-corrected chi connectivity index (χ3v) is 5.48. The van der Waals surface area contributed by atoms with Crippen LogP contribution in [0, 0.1) is 11.8 Å². The minimum absolute atomic E-state index is 0.0261. The maximum atomic E-state index is 12.6. The quantitative estimate of drug-likeness (QED) is 0.841. The highest BCUT2D eigenvalue weighted by atomic mass is 16.3. The lowest BCUT2D eigenvalue weighted by atomic mass is 9.75. The van der Waals surface area contributed by atoms with Gasteiger partial charge in [-0.25, -0.2) is 0 Å². The number of carbonyl (C=O) groups is 2. The first-order valence-corrected chi connectivity index (χ1v) is 8.28. The number of likely N-dealkylation sites (tertiary alicyclic amines) is 1. The Morgan fingerprint density at radius 1 is 1.18 bits per heavy atom. The van der Waals surface area contributed by atoms with Crippen molar-refractivity contribution in [1.29, 1.82) is 0 Å². The van der Waals surface area contributed by atoms with E-state index in [9.17, 15) is 9.59 Å². The van der Waals surface area contributed by atoms with Gasteiger partial charge in [-0.15, -0.1) is 0 Å². The lowest BCUT2D eigenvalue weighted by molar-refractivity contribution is -0.142. The van der Waals surface area contributed by atoms with Gasteiger partial charge in [0.15, 0.2) is 5.76 Å². The zero-order chi connectivity index (χ0) is 15.3. The van der Waals surface area contributed by atoms with Gasteiger partial charge in [0.05, 0.1) is 18.3 Å². The second-order valence-electron chi connectivity index (χ2n) is 7.09. The van der Waals surface area contributed by atoms with E-state index >= 15 is 0 Å². The van der Waals surface area contributed by atoms with Gasteiger partial charge in [-0.2, -0.15) is 0 Å². The Labute approximate surface area is 130 Å². The normalized spacial score (nSPS) is 33.7. The highest BCUT2D eigenvalue weighted by Crippen LogP contribution is 2.37. The summed E-state index contributed by atoms with van der Waals surface area (Å²) in [5, 5.41) is 0. The molecule has 1 saturated carbocycles. The van der Waals surface area contributed by atoms with Crippen molar-refractivity contribution in [1.82, 2.24) is 9.80 Å². The first-order chi connectivity index (χ1) is 10.6. The van der Waals surface area contributed by atoms with Gasteiger partial charge in [-0.3, -0.25) is 9.59 Å². The Morgan fingerprint density at radius 2 is 1.86 bits per heavy atom. The lowest BCUT2D eigenvalue weighted by Crippen LogP contribution is -2.58. The Morgan fingerprint density at radius 3 is 2.41 bits per heavy atom. The van der Waals surface area contributed by atoms with Crippen LogP contribution in [0.25, 0.3) is 0 Å². The van der Waals surface area contributed by atoms with E-state index in [0.29, 0.717) is 30.7 Å². The van der Waals surface area contributed by atoms with E-state index in [4.69, 9.17) is 4.42 Å². The van der Waals surface area contributed by atoms with E-state index in [-0.39, 0.29) is 23.9 Å². The predicted molar refractivity (Wildman–Crippen MR) is 80.2 cm³/mol. The molecule has 0 spiro atoms. The minimum Gasteiger partial charge on any atom is -0.459 e. The van der Waals surface area contributed by atoms with Crippen molar-refractivity contribution >= 4 is 11.8 Å². The topological polar surface area (TPSA) is 53.8 Å². The van der Waals surface area contributed by atoms with Crippen LogP contribution in [-0.2, 0) is 4.79 Å². The van der Waals surface area contributed by atoms with E-state index in [0.717, 1.165) is 25.7 Å². The molecule has 2 atom stereocenters. The number of hydrogen-bond acceptors (Lipinski definition) is 3. The van der Waals surface area contributed by atoms with Gasteiger partial charge in [-0.05, 0) is 43.7 Å². The van der Waals surface area contributed by atoms with Crippen LogP contribution in [0.3, 0.4) is 0 Å². The molecule has 0 aromatic carbocycles. The van der Waals surface area contributed by atoms with Crippen LogP contribution in [0.1, 0.15) is 43.2 Å². The summed E-state index contributed by atoms with van der Waals surface area (Å²) < 4.78 is 5.25. The molecule has 1 aromatic rings. The van der Waals surface area contributed by atoms with Crippen molar-refractivity contribution in [3.8, 4) is 0 Å². The fraction of sp³-hybridized carbons (Fsp3) is 0.647. The van der Waals surface area contributed by atoms with Gasteiger partial charge in [0.2, 0.25) is 5.91 Å². The van der Waals surface area contributed by atoms with Crippen LogP contribution < -0.4 is 0 Å². The first kappa shape index (κ1) is 13.9. The van der Waals surface area contributed by atoms with Crippen molar-refractivity contribution in [2.75, 3.05) is 13.1 Å². The number of amides is 2. The number of nitrogens with zero attached hydrogens (tertiary/aromatic N) is 2. The van der Waals surface area contributed by atoms with Crippen molar-refractivity contribution in [2.45, 2.75) is 44.7 Å². The molecule has 118 valence electrons. The molecule has 3 aliphatic rings. The fourth-order valence-corrected chi connectivity index (χ4v) is 4.30. The molecule has 2 amide bonds. The Hall–Kier alpha value is -1.78. The van der Waals surface area contributed by atoms with E-state index in [1.807, 2.05) is 9.80 Å². The largest absolute Gasteiger partial charge is 0.459 e. The number of carbonyl (C=O) groups excluding carboxylic acids is 2. The molecule has 5 heteroatoms. The minimum atomic E-state index is -0.0261. The van der Waals surface area contributed by atoms with Gasteiger partial charge >= 0.3 is 0 Å². The van der Waals surface area contributed by atoms with Crippen LogP contribution in [0.5, 0.6) is 0 Å². The molecular formula is C17H22N2O3. The highest BCUT2D eigenvalue weighted by Gasteiger charge is 2.46. The molecule has 22 heavy (non-hydrogen) atoms. The molecule has 2 bridgehead atoms. The average molecular weight is 302 g/mol. The SMILES string of the molecule is CC1CC(C(=O)N2CC3CCC(C2)N3C(=O)c2ccco2)C1. The number of hydrogen-bond donors (Lipinski definition) is 0. The summed E-state index contributed by atoms with van der Waals surface area (Å²) in [5.41, 5.74) is 0. The fourth-order valence-electron chi connectivity index (χ4n) is 4.30. The molecule has 4 rings (SSSR count). The van der Waals surface area contributed by atoms with Gasteiger partial charge in [0.1, 0.15) is 0 Å². The van der Waals surface area contributed by atoms with Crippen molar-refractivity contribution in [3.05, 3.63) is 24.2 Å². The molecular weight excluding hydrogens is 280 g/mol. The monoisotopic (exact) mass is 302 g/mol. The maximum Gasteiger partial charge on any atom is 0.290 e. The molecule has 2 unspecified atom stereocenters. The molecule has 3 fully saturated rings. The lowest BCUT2D eigenvalue weighted by Gasteiger charge is -2.43. The summed E-state index contributed by atoms with van der Waals surface area (Å²) in [4.78, 5) is 29.1. The summed E-state index contributed by atoms with van der Waals surface area (Å²) in [5.74, 6) is 1.60. The number of furan rings is 1. The van der Waals surface area contributed by atoms with E-state index < -0.39 is 0 Å². The van der Waals surface area contributed by atoms with E-state index in [1.165, 1.54) is 6.26 Å². The third-order valence-electron chi connectivity index (χ3n) is 5.48. The Balaban J connectivity index is 1.45. The van der Waals surface area contributed by atoms with Crippen LogP contribution in [0.15, 0.2) is 22.8 Å². The zero-order valence-corrected chi connectivity index (χ0v) is 12.9. The molecule has 2 saturated heterocycles. The summed E-state index contributed by atoms with van der Waals surface area (Å²) in [7, 11) is 0. The van der Waals surface area contributed by atoms with Gasteiger partial charge in [-0.1, -0.05) is 6.92 Å². The third kappa shape index (κ3) is 2.14.